The minimum Gasteiger partial charge on any atom is -0.497 e. The molecule has 0 aliphatic heterocycles. The normalized spacial score (nSPS) is 20.9. The highest BCUT2D eigenvalue weighted by atomic mass is 127. The summed E-state index contributed by atoms with van der Waals surface area (Å²) in [6, 6.07) is 8.53. The van der Waals surface area contributed by atoms with E-state index in [4.69, 9.17) is 4.74 Å². The zero-order chi connectivity index (χ0) is 16.5. The lowest BCUT2D eigenvalue weighted by molar-refractivity contribution is 0.120. The number of methoxy groups -OCH3 is 1. The van der Waals surface area contributed by atoms with Crippen molar-refractivity contribution < 1.29 is 9.84 Å². The number of aliphatic hydroxyl groups excluding tert-OH is 1. The molecule has 2 rings (SSSR count). The van der Waals surface area contributed by atoms with Gasteiger partial charge in [-0.2, -0.15) is 0 Å². The van der Waals surface area contributed by atoms with E-state index in [0.717, 1.165) is 56.9 Å². The number of halogens is 1. The van der Waals surface area contributed by atoms with E-state index in [1.54, 1.807) is 7.11 Å². The molecule has 5 nitrogen and oxygen atoms in total. The Balaban J connectivity index is 0.00000288. The Bertz CT molecular complexity index is 503. The third kappa shape index (κ3) is 7.25. The summed E-state index contributed by atoms with van der Waals surface area (Å²) in [4.78, 5) is 4.67. The molecule has 0 spiro atoms. The Kier molecular flexibility index (Phi) is 10.1. The first-order valence-corrected chi connectivity index (χ1v) is 8.57. The van der Waals surface area contributed by atoms with Gasteiger partial charge in [0.2, 0.25) is 0 Å². The Hall–Kier alpha value is -1.02. The van der Waals surface area contributed by atoms with Gasteiger partial charge < -0.3 is 20.5 Å². The topological polar surface area (TPSA) is 65.9 Å². The minimum atomic E-state index is -0.124. The van der Waals surface area contributed by atoms with Crippen molar-refractivity contribution in [3.63, 3.8) is 0 Å². The van der Waals surface area contributed by atoms with Gasteiger partial charge in [-0.15, -0.1) is 24.0 Å². The van der Waals surface area contributed by atoms with Gasteiger partial charge in [-0.1, -0.05) is 12.1 Å². The summed E-state index contributed by atoms with van der Waals surface area (Å²) in [6.45, 7) is 3.65. The van der Waals surface area contributed by atoms with Crippen LogP contribution in [0.4, 0.5) is 0 Å². The van der Waals surface area contributed by atoms with Crippen LogP contribution < -0.4 is 15.4 Å². The minimum absolute atomic E-state index is 0. The monoisotopic (exact) mass is 447 g/mol. The average Bonchev–Trinajstić information content (AvgIpc) is 2.57. The number of benzene rings is 1. The van der Waals surface area contributed by atoms with Gasteiger partial charge in [0.1, 0.15) is 5.75 Å². The van der Waals surface area contributed by atoms with E-state index in [-0.39, 0.29) is 30.1 Å². The molecule has 0 radical (unpaired) electrons. The standard InChI is InChI=1S/C18H29N3O2.HI/c1-3-19-18(21-15-7-9-16(22)10-8-15)20-12-11-14-5-4-6-17(13-14)23-2;/h4-6,13,15-16,22H,3,7-12H2,1-2H3,(H2,19,20,21);1H. The molecule has 0 amide bonds. The van der Waals surface area contributed by atoms with Gasteiger partial charge in [-0.3, -0.25) is 4.99 Å². The van der Waals surface area contributed by atoms with Crippen molar-refractivity contribution in [3.05, 3.63) is 29.8 Å². The zero-order valence-corrected chi connectivity index (χ0v) is 17.0. The number of hydrogen-bond acceptors (Lipinski definition) is 3. The molecule has 0 heterocycles. The van der Waals surface area contributed by atoms with Crippen LogP contribution in [0.15, 0.2) is 29.3 Å². The quantitative estimate of drug-likeness (QED) is 0.357. The van der Waals surface area contributed by atoms with E-state index < -0.39 is 0 Å². The van der Waals surface area contributed by atoms with E-state index >= 15 is 0 Å². The first-order valence-electron chi connectivity index (χ1n) is 8.57. The molecule has 1 aliphatic carbocycles. The predicted molar refractivity (Wildman–Crippen MR) is 109 cm³/mol. The smallest absolute Gasteiger partial charge is 0.191 e. The van der Waals surface area contributed by atoms with Crippen molar-refractivity contribution in [1.29, 1.82) is 0 Å². The van der Waals surface area contributed by atoms with Crippen LogP contribution in [0.3, 0.4) is 0 Å². The number of nitrogens with zero attached hydrogens (tertiary/aromatic N) is 1. The molecule has 136 valence electrons. The van der Waals surface area contributed by atoms with Crippen molar-refractivity contribution >= 4 is 29.9 Å². The third-order valence-electron chi connectivity index (χ3n) is 4.19. The second kappa shape index (κ2) is 11.5. The lowest BCUT2D eigenvalue weighted by Gasteiger charge is -2.27. The molecule has 0 atom stereocenters. The summed E-state index contributed by atoms with van der Waals surface area (Å²) in [6.07, 6.45) is 4.52. The molecule has 0 unspecified atom stereocenters. The molecule has 24 heavy (non-hydrogen) atoms. The molecule has 1 aliphatic rings. The number of rotatable bonds is 6. The maximum Gasteiger partial charge on any atom is 0.191 e. The fourth-order valence-electron chi connectivity index (χ4n) is 2.86. The zero-order valence-electron chi connectivity index (χ0n) is 14.6. The highest BCUT2D eigenvalue weighted by Crippen LogP contribution is 2.18. The van der Waals surface area contributed by atoms with E-state index in [9.17, 15) is 5.11 Å². The number of hydrogen-bond donors (Lipinski definition) is 3. The molecule has 6 heteroatoms. The van der Waals surface area contributed by atoms with E-state index in [1.807, 2.05) is 12.1 Å². The number of aliphatic hydroxyl groups is 1. The first-order chi connectivity index (χ1) is 11.2. The van der Waals surface area contributed by atoms with Crippen LogP contribution in [0.1, 0.15) is 38.2 Å². The molecule has 0 bridgehead atoms. The summed E-state index contributed by atoms with van der Waals surface area (Å²) in [5.74, 6) is 1.76. The Labute approximate surface area is 162 Å². The van der Waals surface area contributed by atoms with Crippen molar-refractivity contribution in [2.24, 2.45) is 4.99 Å². The van der Waals surface area contributed by atoms with Gasteiger partial charge in [-0.05, 0) is 56.7 Å². The van der Waals surface area contributed by atoms with Gasteiger partial charge in [-0.25, -0.2) is 0 Å². The molecule has 3 N–H and O–H groups in total. The fraction of sp³-hybridized carbons (Fsp3) is 0.611. The van der Waals surface area contributed by atoms with Crippen LogP contribution in [-0.2, 0) is 6.42 Å². The molecule has 1 saturated carbocycles. The van der Waals surface area contributed by atoms with Crippen LogP contribution in [0.2, 0.25) is 0 Å². The molecule has 1 aromatic carbocycles. The van der Waals surface area contributed by atoms with Crippen molar-refractivity contribution in [1.82, 2.24) is 10.6 Å². The largest absolute Gasteiger partial charge is 0.497 e. The van der Waals surface area contributed by atoms with Crippen molar-refractivity contribution in [2.75, 3.05) is 20.2 Å². The summed E-state index contributed by atoms with van der Waals surface area (Å²) < 4.78 is 5.25. The molecular weight excluding hydrogens is 417 g/mol. The molecule has 0 saturated heterocycles. The van der Waals surface area contributed by atoms with E-state index in [0.29, 0.717) is 6.04 Å². The van der Waals surface area contributed by atoms with Crippen LogP contribution >= 0.6 is 24.0 Å². The molecular formula is C18H30IN3O2. The van der Waals surface area contributed by atoms with Gasteiger partial charge in [0.25, 0.3) is 0 Å². The van der Waals surface area contributed by atoms with Crippen LogP contribution in [-0.4, -0.2) is 43.4 Å². The van der Waals surface area contributed by atoms with Crippen LogP contribution in [0.25, 0.3) is 0 Å². The number of ether oxygens (including phenoxy) is 1. The summed E-state index contributed by atoms with van der Waals surface area (Å²) >= 11 is 0. The lowest BCUT2D eigenvalue weighted by Crippen LogP contribution is -2.45. The SMILES string of the molecule is CCNC(=NCCc1cccc(OC)c1)NC1CCC(O)CC1.I. The maximum absolute atomic E-state index is 9.59. The Morgan fingerprint density at radius 3 is 2.71 bits per heavy atom. The van der Waals surface area contributed by atoms with E-state index in [2.05, 4.69) is 34.7 Å². The number of guanidine groups is 1. The summed E-state index contributed by atoms with van der Waals surface area (Å²) in [5.41, 5.74) is 1.23. The Morgan fingerprint density at radius 2 is 2.04 bits per heavy atom. The van der Waals surface area contributed by atoms with Gasteiger partial charge in [0, 0.05) is 19.1 Å². The lowest BCUT2D eigenvalue weighted by atomic mass is 9.93. The van der Waals surface area contributed by atoms with Crippen molar-refractivity contribution in [3.8, 4) is 5.75 Å². The predicted octanol–water partition coefficient (Wildman–Crippen LogP) is 2.71. The second-order valence-electron chi connectivity index (χ2n) is 6.01. The van der Waals surface area contributed by atoms with Crippen molar-refractivity contribution in [2.45, 2.75) is 51.2 Å². The highest BCUT2D eigenvalue weighted by molar-refractivity contribution is 14.0. The molecule has 1 aromatic rings. The second-order valence-corrected chi connectivity index (χ2v) is 6.01. The fourth-order valence-corrected chi connectivity index (χ4v) is 2.86. The van der Waals surface area contributed by atoms with Crippen LogP contribution in [0.5, 0.6) is 5.75 Å². The first kappa shape index (κ1) is 21.0. The van der Waals surface area contributed by atoms with Gasteiger partial charge in [0.05, 0.1) is 13.2 Å². The summed E-state index contributed by atoms with van der Waals surface area (Å²) in [5, 5.41) is 16.4. The average molecular weight is 447 g/mol. The van der Waals surface area contributed by atoms with Crippen LogP contribution in [0, 0.1) is 0 Å². The Morgan fingerprint density at radius 1 is 1.29 bits per heavy atom. The number of aliphatic imine (C=N–C) groups is 1. The summed E-state index contributed by atoms with van der Waals surface area (Å²) in [7, 11) is 1.69. The number of nitrogens with one attached hydrogen (secondary N) is 2. The van der Waals surface area contributed by atoms with Gasteiger partial charge in [0.15, 0.2) is 5.96 Å². The van der Waals surface area contributed by atoms with Gasteiger partial charge >= 0.3 is 0 Å². The molecule has 0 aromatic heterocycles. The maximum atomic E-state index is 9.59. The van der Waals surface area contributed by atoms with E-state index in [1.165, 1.54) is 5.56 Å². The third-order valence-corrected chi connectivity index (χ3v) is 4.19. The highest BCUT2D eigenvalue weighted by Gasteiger charge is 2.19. The molecule has 1 fully saturated rings.